The molecule has 2 aromatic carbocycles. The van der Waals surface area contributed by atoms with Crippen molar-refractivity contribution in [2.45, 2.75) is 37.4 Å². The monoisotopic (exact) mass is 516 g/mol. The van der Waals surface area contributed by atoms with Crippen molar-refractivity contribution in [1.82, 2.24) is 0 Å². The molecule has 1 aliphatic heterocycles. The maximum absolute atomic E-state index is 13.4. The second kappa shape index (κ2) is 9.61. The van der Waals surface area contributed by atoms with Gasteiger partial charge < -0.3 is 52.1 Å². The zero-order chi connectivity index (χ0) is 26.1. The molecule has 2 aliphatic rings. The number of benzene rings is 2. The van der Waals surface area contributed by atoms with Gasteiger partial charge in [-0.3, -0.25) is 9.59 Å². The van der Waals surface area contributed by atoms with Crippen molar-refractivity contribution in [3.63, 3.8) is 0 Å². The number of carboxylic acid groups (broad SMARTS) is 1. The molecule has 0 aromatic heterocycles. The number of aliphatic hydroxyl groups excluding tert-OH is 4. The van der Waals surface area contributed by atoms with Gasteiger partial charge in [-0.25, -0.2) is 4.79 Å². The van der Waals surface area contributed by atoms with Crippen molar-refractivity contribution in [1.29, 1.82) is 0 Å². The van der Waals surface area contributed by atoms with Crippen LogP contribution < -0.4 is 29.6 Å². The van der Waals surface area contributed by atoms with Gasteiger partial charge in [0.05, 0.1) is 23.3 Å². The summed E-state index contributed by atoms with van der Waals surface area (Å²) in [4.78, 5) is 38.1. The first kappa shape index (κ1) is 27.8. The number of fused-ring (bicyclic) bond motifs is 2. The van der Waals surface area contributed by atoms with Crippen LogP contribution in [0.25, 0.3) is 0 Å². The topological polar surface area (TPSA) is 243 Å². The Kier molecular flexibility index (Phi) is 7.43. The average molecular weight is 516 g/mol. The van der Waals surface area contributed by atoms with Gasteiger partial charge in [0.1, 0.15) is 47.6 Å². The van der Waals surface area contributed by atoms with E-state index in [9.17, 15) is 60.3 Å². The molecule has 0 bridgehead atoms. The number of hydrogen-bond donors (Lipinski definition) is 9. The smallest absolute Gasteiger partial charge is 1.00 e. The minimum absolute atomic E-state index is 0. The van der Waals surface area contributed by atoms with E-state index in [0.29, 0.717) is 6.07 Å². The summed E-state index contributed by atoms with van der Waals surface area (Å²) in [6.45, 7) is 0.291. The number of ether oxygens (including phenoxy) is 1. The van der Waals surface area contributed by atoms with Crippen LogP contribution in [0, 0.1) is 6.92 Å². The minimum Gasteiger partial charge on any atom is -1.00 e. The summed E-state index contributed by atoms with van der Waals surface area (Å²) < 4.78 is 5.30. The molecule has 0 amide bonds. The summed E-state index contributed by atoms with van der Waals surface area (Å²) in [5, 5.41) is 91.5. The second-order valence-electron chi connectivity index (χ2n) is 8.24. The molecule has 188 valence electrons. The zero-order valence-electron chi connectivity index (χ0n) is 19.8. The summed E-state index contributed by atoms with van der Waals surface area (Å²) in [6, 6.07) is 0.716. The first-order valence-corrected chi connectivity index (χ1v) is 10.2. The van der Waals surface area contributed by atoms with Crippen LogP contribution in [0.3, 0.4) is 0 Å². The fourth-order valence-corrected chi connectivity index (χ4v) is 4.58. The van der Waals surface area contributed by atoms with Crippen LogP contribution in [-0.2, 0) is 4.74 Å². The van der Waals surface area contributed by atoms with Gasteiger partial charge in [-0.05, 0) is 18.6 Å². The van der Waals surface area contributed by atoms with Crippen LogP contribution >= 0.6 is 0 Å². The van der Waals surface area contributed by atoms with Crippen molar-refractivity contribution in [3.05, 3.63) is 45.0 Å². The molecule has 0 unspecified atom stereocenters. The molecule has 0 radical (unpaired) electrons. The summed E-state index contributed by atoms with van der Waals surface area (Å²) in [7, 11) is 0. The number of phenolic OH excluding ortho intramolecular Hbond substituents is 3. The van der Waals surface area contributed by atoms with Gasteiger partial charge >= 0.3 is 35.5 Å². The minimum atomic E-state index is -2.03. The molecule has 2 aromatic rings. The Labute approximate surface area is 225 Å². The molecule has 1 fully saturated rings. The van der Waals surface area contributed by atoms with E-state index in [2.05, 4.69) is 0 Å². The van der Waals surface area contributed by atoms with Crippen LogP contribution in [0.15, 0.2) is 6.07 Å². The number of ketones is 2. The van der Waals surface area contributed by atoms with Crippen LogP contribution in [-0.4, -0.2) is 94.5 Å². The number of hydrogen-bond acceptors (Lipinski definition) is 12. The van der Waals surface area contributed by atoms with Gasteiger partial charge in [-0.15, -0.1) is 0 Å². The summed E-state index contributed by atoms with van der Waals surface area (Å²) in [6.07, 6.45) is -9.12. The Morgan fingerprint density at radius 3 is 2.06 bits per heavy atom. The molecule has 14 heteroatoms. The molecule has 4 rings (SSSR count). The first-order chi connectivity index (χ1) is 16.3. The Hall–Kier alpha value is -2.75. The van der Waals surface area contributed by atoms with Crippen molar-refractivity contribution < 1.29 is 96.1 Å². The van der Waals surface area contributed by atoms with Gasteiger partial charge in [0, 0.05) is 11.1 Å². The van der Waals surface area contributed by atoms with Gasteiger partial charge in [0.15, 0.2) is 23.1 Å². The molecule has 1 heterocycles. The fourth-order valence-electron chi connectivity index (χ4n) is 4.58. The van der Waals surface area contributed by atoms with E-state index in [1.165, 1.54) is 0 Å². The fraction of sp³-hybridized carbons (Fsp3) is 0.318. The summed E-state index contributed by atoms with van der Waals surface area (Å²) >= 11 is 0. The van der Waals surface area contributed by atoms with E-state index in [1.807, 2.05) is 0 Å². The van der Waals surface area contributed by atoms with Gasteiger partial charge in [0.25, 0.3) is 0 Å². The normalized spacial score (nSPS) is 25.1. The summed E-state index contributed by atoms with van der Waals surface area (Å²) in [5.41, 5.74) is -4.49. The second-order valence-corrected chi connectivity index (χ2v) is 8.24. The Morgan fingerprint density at radius 2 is 1.50 bits per heavy atom. The number of aromatic carboxylic acids is 1. The Balaban J connectivity index is 0.00000241. The average Bonchev–Trinajstić information content (AvgIpc) is 2.79. The van der Waals surface area contributed by atoms with Crippen molar-refractivity contribution in [2.24, 2.45) is 0 Å². The maximum atomic E-state index is 13.4. The molecule has 13 nitrogen and oxygen atoms in total. The molecule has 9 N–H and O–H groups in total. The number of rotatable bonds is 3. The van der Waals surface area contributed by atoms with Gasteiger partial charge in [-0.1, -0.05) is 0 Å². The first-order valence-electron chi connectivity index (χ1n) is 10.2. The molecule has 5 atom stereocenters. The Bertz CT molecular complexity index is 1310. The van der Waals surface area contributed by atoms with E-state index in [-0.39, 0.29) is 36.5 Å². The predicted octanol–water partition coefficient (Wildman–Crippen LogP) is -4.08. The number of phenols is 4. The molecule has 0 saturated carbocycles. The van der Waals surface area contributed by atoms with E-state index in [1.54, 1.807) is 0 Å². The molecule has 1 saturated heterocycles. The van der Waals surface area contributed by atoms with Crippen molar-refractivity contribution >= 4 is 17.5 Å². The SMILES string of the molecule is Cc1c(C(=O)O)c(O)cc2c1C(=O)c1c(O)c([C@H]3O[C@H](CO)[C@@H](O)[C@H](O)[C@H]3O)c(O)c(O)c1C2=O.[H-].[Na+]. The molecule has 1 aliphatic carbocycles. The van der Waals surface area contributed by atoms with E-state index in [0.717, 1.165) is 6.92 Å². The third-order valence-electron chi connectivity index (χ3n) is 6.33. The zero-order valence-corrected chi connectivity index (χ0v) is 20.8. The quantitative estimate of drug-likeness (QED) is 0.0915. The van der Waals surface area contributed by atoms with Crippen LogP contribution in [0.4, 0.5) is 0 Å². The maximum Gasteiger partial charge on any atom is 1.00 e. The third kappa shape index (κ3) is 3.76. The molecule has 36 heavy (non-hydrogen) atoms. The molecular formula is C22H21NaO13. The van der Waals surface area contributed by atoms with Crippen LogP contribution in [0.1, 0.15) is 60.9 Å². The van der Waals surface area contributed by atoms with Crippen molar-refractivity contribution in [2.75, 3.05) is 6.61 Å². The predicted molar refractivity (Wildman–Crippen MR) is 112 cm³/mol. The van der Waals surface area contributed by atoms with Gasteiger partial charge in [-0.2, -0.15) is 0 Å². The molecule has 0 spiro atoms. The summed E-state index contributed by atoms with van der Waals surface area (Å²) in [5.74, 6) is -8.24. The van der Waals surface area contributed by atoms with E-state index in [4.69, 9.17) is 4.74 Å². The van der Waals surface area contributed by atoms with E-state index >= 15 is 0 Å². The number of carbonyl (C=O) groups is 3. The Morgan fingerprint density at radius 1 is 0.917 bits per heavy atom. The number of carbonyl (C=O) groups excluding carboxylic acids is 2. The van der Waals surface area contributed by atoms with Crippen LogP contribution in [0.2, 0.25) is 0 Å². The number of carboxylic acids is 1. The van der Waals surface area contributed by atoms with Gasteiger partial charge in [0.2, 0.25) is 0 Å². The number of aliphatic hydroxyl groups is 4. The van der Waals surface area contributed by atoms with Crippen LogP contribution in [0.5, 0.6) is 23.0 Å². The van der Waals surface area contributed by atoms with E-state index < -0.39 is 111 Å². The largest absolute Gasteiger partial charge is 1.00 e. The van der Waals surface area contributed by atoms with Crippen molar-refractivity contribution in [3.8, 4) is 23.0 Å². The standard InChI is InChI=1S/C22H20O13.Na.H/c1-4-8-5(2-6(24)9(4)22(33)34)13(25)10-11(15(8)27)16(28)12(18(30)17(10)29)21-20(32)19(31)14(26)7(3-23)35-21;;/h2,7,14,19-21,23-24,26,28-32H,3H2,1H3,(H,33,34);;/q;+1;-1/t7-,14-,19+,20-,21-;;/m1../s1. The molecular weight excluding hydrogens is 495 g/mol. The third-order valence-corrected chi connectivity index (χ3v) is 6.33. The number of aromatic hydroxyl groups is 4.